The van der Waals surface area contributed by atoms with Crippen LogP contribution < -0.4 is 9.47 Å². The van der Waals surface area contributed by atoms with Crippen LogP contribution in [0, 0.1) is 5.92 Å². The summed E-state index contributed by atoms with van der Waals surface area (Å²) in [5, 5.41) is 0. The van der Waals surface area contributed by atoms with Gasteiger partial charge in [-0.25, -0.2) is 9.78 Å². The highest BCUT2D eigenvalue weighted by Crippen LogP contribution is 2.35. The van der Waals surface area contributed by atoms with Crippen LogP contribution in [0.1, 0.15) is 28.8 Å². The van der Waals surface area contributed by atoms with Crippen LogP contribution in [0.15, 0.2) is 36.5 Å². The van der Waals surface area contributed by atoms with Gasteiger partial charge in [-0.05, 0) is 18.4 Å². The lowest BCUT2D eigenvalue weighted by molar-refractivity contribution is -0.0755. The average Bonchev–Trinajstić information content (AvgIpc) is 2.81. The monoisotopic (exact) mass is 427 g/mol. The molecule has 0 radical (unpaired) electrons. The first-order valence-electron chi connectivity index (χ1n) is 10.2. The van der Waals surface area contributed by atoms with E-state index in [-0.39, 0.29) is 48.4 Å². The van der Waals surface area contributed by atoms with Crippen LogP contribution in [0.25, 0.3) is 0 Å². The van der Waals surface area contributed by atoms with E-state index in [1.165, 1.54) is 20.4 Å². The minimum absolute atomic E-state index is 0.103. The molecule has 2 bridgehead atoms. The molecule has 2 unspecified atom stereocenters. The molecular formula is C22H25N3O6. The zero-order valence-electron chi connectivity index (χ0n) is 17.5. The highest BCUT2D eigenvalue weighted by molar-refractivity contribution is 5.99. The van der Waals surface area contributed by atoms with Crippen LogP contribution in [0.4, 0.5) is 4.79 Å². The van der Waals surface area contributed by atoms with Gasteiger partial charge in [0.1, 0.15) is 6.61 Å². The lowest BCUT2D eigenvalue weighted by Gasteiger charge is -2.47. The van der Waals surface area contributed by atoms with E-state index >= 15 is 0 Å². The van der Waals surface area contributed by atoms with E-state index < -0.39 is 0 Å². The number of fused-ring (bicyclic) bond motifs is 2. The van der Waals surface area contributed by atoms with Crippen molar-refractivity contribution in [2.45, 2.75) is 31.5 Å². The van der Waals surface area contributed by atoms with Gasteiger partial charge in [0.2, 0.25) is 5.88 Å². The standard InChI is InChI=1S/C22H25N3O6/c1-28-20-18(10-23-21(24-20)29-2)19(26)15-8-16-12-30-13-17(9-15)25(16)22(27)31-11-14-6-4-3-5-7-14/h3-7,10,15-17H,8-9,11-13H2,1-2H3. The van der Waals surface area contributed by atoms with E-state index in [4.69, 9.17) is 18.9 Å². The maximum atomic E-state index is 13.2. The Labute approximate surface area is 180 Å². The quantitative estimate of drug-likeness (QED) is 0.649. The summed E-state index contributed by atoms with van der Waals surface area (Å²) in [6.45, 7) is 0.952. The predicted molar refractivity (Wildman–Crippen MR) is 109 cm³/mol. The van der Waals surface area contributed by atoms with Crippen molar-refractivity contribution in [2.24, 2.45) is 5.92 Å². The Morgan fingerprint density at radius 1 is 1.10 bits per heavy atom. The number of rotatable bonds is 6. The van der Waals surface area contributed by atoms with Crippen molar-refractivity contribution in [1.82, 2.24) is 14.9 Å². The number of methoxy groups -OCH3 is 2. The van der Waals surface area contributed by atoms with Gasteiger partial charge in [0.25, 0.3) is 0 Å². The highest BCUT2D eigenvalue weighted by atomic mass is 16.6. The molecular weight excluding hydrogens is 402 g/mol. The lowest BCUT2D eigenvalue weighted by atomic mass is 9.81. The average molecular weight is 427 g/mol. The number of benzene rings is 1. The highest BCUT2D eigenvalue weighted by Gasteiger charge is 2.45. The zero-order valence-corrected chi connectivity index (χ0v) is 17.5. The third-order valence-electron chi connectivity index (χ3n) is 5.68. The third kappa shape index (κ3) is 4.46. The van der Waals surface area contributed by atoms with E-state index in [0.29, 0.717) is 31.6 Å². The Morgan fingerprint density at radius 2 is 1.81 bits per heavy atom. The molecule has 9 heteroatoms. The van der Waals surface area contributed by atoms with Crippen molar-refractivity contribution in [3.63, 3.8) is 0 Å². The summed E-state index contributed by atoms with van der Waals surface area (Å²) in [6.07, 6.45) is 2.01. The van der Waals surface area contributed by atoms with Gasteiger partial charge in [-0.1, -0.05) is 30.3 Å². The number of hydrogen-bond donors (Lipinski definition) is 0. The van der Waals surface area contributed by atoms with Gasteiger partial charge >= 0.3 is 12.1 Å². The molecule has 9 nitrogen and oxygen atoms in total. The predicted octanol–water partition coefficient (Wildman–Crippen LogP) is 2.49. The number of carbonyl (C=O) groups is 2. The first-order valence-corrected chi connectivity index (χ1v) is 10.2. The molecule has 0 saturated carbocycles. The fraction of sp³-hybridized carbons (Fsp3) is 0.455. The molecule has 2 atom stereocenters. The van der Waals surface area contributed by atoms with E-state index in [2.05, 4.69) is 9.97 Å². The molecule has 2 fully saturated rings. The molecule has 2 aliphatic rings. The van der Waals surface area contributed by atoms with Gasteiger partial charge in [0.05, 0.1) is 45.1 Å². The van der Waals surface area contributed by atoms with Crippen LogP contribution >= 0.6 is 0 Å². The number of ether oxygens (including phenoxy) is 4. The van der Waals surface area contributed by atoms with Gasteiger partial charge < -0.3 is 18.9 Å². The fourth-order valence-electron chi connectivity index (χ4n) is 4.22. The molecule has 3 heterocycles. The van der Waals surface area contributed by atoms with Crippen molar-refractivity contribution in [3.05, 3.63) is 47.7 Å². The normalized spacial score (nSPS) is 22.5. The minimum Gasteiger partial charge on any atom is -0.480 e. The molecule has 0 spiro atoms. The third-order valence-corrected chi connectivity index (χ3v) is 5.68. The molecule has 0 aliphatic carbocycles. The van der Waals surface area contributed by atoms with Crippen LogP contribution in [0.3, 0.4) is 0 Å². The molecule has 1 amide bonds. The van der Waals surface area contributed by atoms with E-state index in [0.717, 1.165) is 5.56 Å². The first kappa shape index (κ1) is 21.0. The maximum Gasteiger partial charge on any atom is 0.410 e. The van der Waals surface area contributed by atoms with Gasteiger partial charge in [0, 0.05) is 12.1 Å². The summed E-state index contributed by atoms with van der Waals surface area (Å²) >= 11 is 0. The van der Waals surface area contributed by atoms with E-state index in [9.17, 15) is 9.59 Å². The van der Waals surface area contributed by atoms with Crippen molar-refractivity contribution in [3.8, 4) is 11.9 Å². The molecule has 1 aromatic carbocycles. The molecule has 2 aliphatic heterocycles. The second-order valence-electron chi connectivity index (χ2n) is 7.60. The van der Waals surface area contributed by atoms with Crippen molar-refractivity contribution >= 4 is 11.9 Å². The molecule has 0 N–H and O–H groups in total. The summed E-state index contributed by atoms with van der Waals surface area (Å²) in [7, 11) is 2.90. The molecule has 31 heavy (non-hydrogen) atoms. The number of piperidine rings is 1. The summed E-state index contributed by atoms with van der Waals surface area (Å²) in [5.41, 5.74) is 1.24. The molecule has 2 saturated heterocycles. The molecule has 164 valence electrons. The van der Waals surface area contributed by atoms with Crippen LogP contribution in [-0.2, 0) is 16.1 Å². The SMILES string of the molecule is COc1ncc(C(=O)C2CC3COCC(C2)N3C(=O)OCc2ccccc2)c(OC)n1. The Morgan fingerprint density at radius 3 is 2.45 bits per heavy atom. The van der Waals surface area contributed by atoms with E-state index in [1.807, 2.05) is 30.3 Å². The fourth-order valence-corrected chi connectivity index (χ4v) is 4.22. The van der Waals surface area contributed by atoms with Crippen molar-refractivity contribution in [1.29, 1.82) is 0 Å². The number of carbonyl (C=O) groups excluding carboxylic acids is 2. The largest absolute Gasteiger partial charge is 0.480 e. The molecule has 1 aromatic heterocycles. The van der Waals surface area contributed by atoms with Gasteiger partial charge in [-0.3, -0.25) is 9.69 Å². The summed E-state index contributed by atoms with van der Waals surface area (Å²) in [5.74, 6) is -0.209. The lowest BCUT2D eigenvalue weighted by Crippen LogP contribution is -2.59. The van der Waals surface area contributed by atoms with Gasteiger partial charge in [0.15, 0.2) is 5.78 Å². The number of hydrogen-bond acceptors (Lipinski definition) is 8. The van der Waals surface area contributed by atoms with Crippen molar-refractivity contribution in [2.75, 3.05) is 27.4 Å². The number of morpholine rings is 1. The summed E-state index contributed by atoms with van der Waals surface area (Å²) < 4.78 is 21.5. The summed E-state index contributed by atoms with van der Waals surface area (Å²) in [6, 6.07) is 9.22. The Balaban J connectivity index is 1.45. The topological polar surface area (TPSA) is 100 Å². The van der Waals surface area contributed by atoms with Crippen LogP contribution in [0.2, 0.25) is 0 Å². The number of amides is 1. The second-order valence-corrected chi connectivity index (χ2v) is 7.60. The number of nitrogens with zero attached hydrogens (tertiary/aromatic N) is 3. The Bertz CT molecular complexity index is 924. The second kappa shape index (κ2) is 9.30. The van der Waals surface area contributed by atoms with Gasteiger partial charge in [-0.15, -0.1) is 0 Å². The van der Waals surface area contributed by atoms with Gasteiger partial charge in [-0.2, -0.15) is 4.98 Å². The van der Waals surface area contributed by atoms with Crippen LogP contribution in [0.5, 0.6) is 11.9 Å². The Kier molecular flexibility index (Phi) is 6.31. The first-order chi connectivity index (χ1) is 15.1. The number of aromatic nitrogens is 2. The molecule has 4 rings (SSSR count). The molecule has 2 aromatic rings. The Hall–Kier alpha value is -3.20. The van der Waals surface area contributed by atoms with Crippen molar-refractivity contribution < 1.29 is 28.5 Å². The van der Waals surface area contributed by atoms with E-state index in [1.54, 1.807) is 4.90 Å². The van der Waals surface area contributed by atoms with Crippen LogP contribution in [-0.4, -0.2) is 66.3 Å². The maximum absolute atomic E-state index is 13.2. The smallest absolute Gasteiger partial charge is 0.410 e. The number of Topliss-reactive ketones (excluding diaryl/α,β-unsaturated/α-hetero) is 1. The zero-order chi connectivity index (χ0) is 21.8. The summed E-state index contributed by atoms with van der Waals surface area (Å²) in [4.78, 5) is 35.9. The minimum atomic E-state index is -0.376. The number of ketones is 1.